The minimum atomic E-state index is 0.204. The van der Waals surface area contributed by atoms with Crippen LogP contribution in [0.1, 0.15) is 64.8 Å². The number of carbonyl (C=O) groups excluding carboxylic acids is 1. The van der Waals surface area contributed by atoms with E-state index in [0.717, 1.165) is 42.2 Å². The number of carbonyl (C=O) groups is 1. The molecule has 2 aliphatic rings. The first-order valence-corrected chi connectivity index (χ1v) is 12.1. The second kappa shape index (κ2) is 9.09. The summed E-state index contributed by atoms with van der Waals surface area (Å²) in [5.41, 5.74) is 0.907. The SMILES string of the molecule is CC1CCCC(C)N1C(=O)CSc1nnc(-c2ccccc2Cl)n1C1CCCC1. The van der Waals surface area contributed by atoms with E-state index in [0.29, 0.717) is 28.9 Å². The molecule has 0 bridgehead atoms. The van der Waals surface area contributed by atoms with Gasteiger partial charge in [0.15, 0.2) is 11.0 Å². The van der Waals surface area contributed by atoms with Crippen LogP contribution in [-0.4, -0.2) is 43.4 Å². The summed E-state index contributed by atoms with van der Waals surface area (Å²) in [7, 11) is 0. The second-order valence-electron chi connectivity index (χ2n) is 8.31. The Morgan fingerprint density at radius 2 is 1.76 bits per heavy atom. The summed E-state index contributed by atoms with van der Waals surface area (Å²) >= 11 is 7.98. The Bertz CT molecular complexity index is 854. The first-order chi connectivity index (χ1) is 14.1. The molecule has 29 heavy (non-hydrogen) atoms. The highest BCUT2D eigenvalue weighted by molar-refractivity contribution is 7.99. The van der Waals surface area contributed by atoms with Crippen LogP contribution in [0.3, 0.4) is 0 Å². The van der Waals surface area contributed by atoms with Crippen LogP contribution in [0.15, 0.2) is 29.4 Å². The van der Waals surface area contributed by atoms with E-state index in [4.69, 9.17) is 11.6 Å². The summed E-state index contributed by atoms with van der Waals surface area (Å²) in [5, 5.41) is 10.5. The molecule has 1 saturated heterocycles. The lowest BCUT2D eigenvalue weighted by Gasteiger charge is -2.39. The van der Waals surface area contributed by atoms with E-state index >= 15 is 0 Å². The highest BCUT2D eigenvalue weighted by Crippen LogP contribution is 2.38. The third-order valence-corrected chi connectivity index (χ3v) is 7.53. The van der Waals surface area contributed by atoms with E-state index in [1.807, 2.05) is 24.3 Å². The summed E-state index contributed by atoms with van der Waals surface area (Å²) < 4.78 is 2.23. The fourth-order valence-electron chi connectivity index (χ4n) is 4.81. The molecule has 5 nitrogen and oxygen atoms in total. The van der Waals surface area contributed by atoms with E-state index in [9.17, 15) is 4.79 Å². The number of nitrogens with zero attached hydrogens (tertiary/aromatic N) is 4. The molecule has 0 radical (unpaired) electrons. The van der Waals surface area contributed by atoms with Gasteiger partial charge in [-0.15, -0.1) is 10.2 Å². The number of hydrogen-bond acceptors (Lipinski definition) is 4. The average Bonchev–Trinajstić information content (AvgIpc) is 3.36. The van der Waals surface area contributed by atoms with Crippen molar-refractivity contribution in [3.63, 3.8) is 0 Å². The summed E-state index contributed by atoms with van der Waals surface area (Å²) in [5.74, 6) is 1.43. The van der Waals surface area contributed by atoms with Crippen molar-refractivity contribution in [2.24, 2.45) is 0 Å². The molecule has 1 aliphatic heterocycles. The quantitative estimate of drug-likeness (QED) is 0.577. The van der Waals surface area contributed by atoms with Crippen LogP contribution in [-0.2, 0) is 4.79 Å². The van der Waals surface area contributed by atoms with Gasteiger partial charge in [0.05, 0.1) is 10.8 Å². The zero-order valence-corrected chi connectivity index (χ0v) is 18.8. The van der Waals surface area contributed by atoms with Crippen LogP contribution >= 0.6 is 23.4 Å². The van der Waals surface area contributed by atoms with Crippen molar-refractivity contribution in [1.29, 1.82) is 0 Å². The Kier molecular flexibility index (Phi) is 6.50. The highest BCUT2D eigenvalue weighted by Gasteiger charge is 2.30. The number of amides is 1. The van der Waals surface area contributed by atoms with Crippen molar-refractivity contribution in [2.75, 3.05) is 5.75 Å². The normalized spacial score (nSPS) is 22.9. The van der Waals surface area contributed by atoms with E-state index in [2.05, 4.69) is 33.5 Å². The average molecular weight is 433 g/mol. The molecule has 7 heteroatoms. The Hall–Kier alpha value is -1.53. The topological polar surface area (TPSA) is 51.0 Å². The maximum absolute atomic E-state index is 13.0. The van der Waals surface area contributed by atoms with Crippen LogP contribution in [0.5, 0.6) is 0 Å². The molecule has 0 N–H and O–H groups in total. The number of halogens is 1. The molecule has 2 atom stereocenters. The van der Waals surface area contributed by atoms with Crippen molar-refractivity contribution < 1.29 is 4.79 Å². The van der Waals surface area contributed by atoms with Crippen LogP contribution < -0.4 is 0 Å². The predicted octanol–water partition coefficient (Wildman–Crippen LogP) is 5.60. The minimum Gasteiger partial charge on any atom is -0.337 e. The lowest BCUT2D eigenvalue weighted by Crippen LogP contribution is -2.48. The van der Waals surface area contributed by atoms with Crippen LogP contribution in [0.4, 0.5) is 0 Å². The fourth-order valence-corrected chi connectivity index (χ4v) is 5.90. The molecule has 1 saturated carbocycles. The Morgan fingerprint density at radius 3 is 2.45 bits per heavy atom. The molecule has 1 aromatic heterocycles. The zero-order valence-electron chi connectivity index (χ0n) is 17.2. The number of likely N-dealkylation sites (tertiary alicyclic amines) is 1. The smallest absolute Gasteiger partial charge is 0.233 e. The van der Waals surface area contributed by atoms with Crippen LogP contribution in [0.2, 0.25) is 5.02 Å². The molecule has 1 amide bonds. The lowest BCUT2D eigenvalue weighted by atomic mass is 9.98. The van der Waals surface area contributed by atoms with Gasteiger partial charge < -0.3 is 4.90 Å². The Balaban J connectivity index is 1.57. The molecule has 2 heterocycles. The van der Waals surface area contributed by atoms with Crippen molar-refractivity contribution in [3.8, 4) is 11.4 Å². The number of piperidine rings is 1. The molecular weight excluding hydrogens is 404 g/mol. The molecular formula is C22H29ClN4OS. The van der Waals surface area contributed by atoms with Gasteiger partial charge in [0, 0.05) is 23.7 Å². The van der Waals surface area contributed by atoms with Crippen molar-refractivity contribution in [2.45, 2.75) is 82.1 Å². The Morgan fingerprint density at radius 1 is 1.07 bits per heavy atom. The third kappa shape index (κ3) is 4.33. The molecule has 2 fully saturated rings. The fraction of sp³-hybridized carbons (Fsp3) is 0.591. The number of rotatable bonds is 5. The predicted molar refractivity (Wildman–Crippen MR) is 118 cm³/mol. The number of aromatic nitrogens is 3. The number of benzene rings is 1. The molecule has 1 aliphatic carbocycles. The second-order valence-corrected chi connectivity index (χ2v) is 9.66. The van der Waals surface area contributed by atoms with Gasteiger partial charge in [-0.2, -0.15) is 0 Å². The van der Waals surface area contributed by atoms with Gasteiger partial charge in [0.2, 0.25) is 5.91 Å². The van der Waals surface area contributed by atoms with Crippen LogP contribution in [0.25, 0.3) is 11.4 Å². The van der Waals surface area contributed by atoms with E-state index < -0.39 is 0 Å². The van der Waals surface area contributed by atoms with Crippen molar-refractivity contribution in [1.82, 2.24) is 19.7 Å². The van der Waals surface area contributed by atoms with E-state index in [1.165, 1.54) is 31.0 Å². The van der Waals surface area contributed by atoms with Gasteiger partial charge in [-0.1, -0.05) is 48.3 Å². The van der Waals surface area contributed by atoms with Crippen molar-refractivity contribution in [3.05, 3.63) is 29.3 Å². The van der Waals surface area contributed by atoms with Gasteiger partial charge in [-0.05, 0) is 58.1 Å². The minimum absolute atomic E-state index is 0.204. The molecule has 4 rings (SSSR count). The first-order valence-electron chi connectivity index (χ1n) is 10.7. The van der Waals surface area contributed by atoms with E-state index in [1.54, 1.807) is 0 Å². The molecule has 0 spiro atoms. The molecule has 156 valence electrons. The maximum Gasteiger partial charge on any atom is 0.233 e. The number of hydrogen-bond donors (Lipinski definition) is 0. The molecule has 2 aromatic rings. The lowest BCUT2D eigenvalue weighted by molar-refractivity contribution is -0.134. The largest absolute Gasteiger partial charge is 0.337 e. The van der Waals surface area contributed by atoms with Crippen molar-refractivity contribution >= 4 is 29.3 Å². The third-order valence-electron chi connectivity index (χ3n) is 6.28. The Labute approximate surface area is 182 Å². The summed E-state index contributed by atoms with van der Waals surface area (Å²) in [6, 6.07) is 8.80. The van der Waals surface area contributed by atoms with Gasteiger partial charge in [0.25, 0.3) is 0 Å². The maximum atomic E-state index is 13.0. The number of thioether (sulfide) groups is 1. The van der Waals surface area contributed by atoms with Gasteiger partial charge in [0.1, 0.15) is 0 Å². The summed E-state index contributed by atoms with van der Waals surface area (Å²) in [4.78, 5) is 15.1. The van der Waals surface area contributed by atoms with Crippen LogP contribution in [0, 0.1) is 0 Å². The highest BCUT2D eigenvalue weighted by atomic mass is 35.5. The molecule has 2 unspecified atom stereocenters. The summed E-state index contributed by atoms with van der Waals surface area (Å²) in [6.07, 6.45) is 8.07. The zero-order chi connectivity index (χ0) is 20.4. The summed E-state index contributed by atoms with van der Waals surface area (Å²) in [6.45, 7) is 4.32. The first kappa shape index (κ1) is 20.7. The van der Waals surface area contributed by atoms with E-state index in [-0.39, 0.29) is 5.91 Å². The standard InChI is InChI=1S/C22H29ClN4OS/c1-15-8-7-9-16(2)26(15)20(28)14-29-22-25-24-21(18-12-5-6-13-19(18)23)27(22)17-10-3-4-11-17/h5-6,12-13,15-17H,3-4,7-11,14H2,1-2H3. The van der Waals surface area contributed by atoms with Gasteiger partial charge in [-0.3, -0.25) is 9.36 Å². The molecule has 1 aromatic carbocycles. The van der Waals surface area contributed by atoms with Gasteiger partial charge >= 0.3 is 0 Å². The van der Waals surface area contributed by atoms with Gasteiger partial charge in [-0.25, -0.2) is 0 Å². The monoisotopic (exact) mass is 432 g/mol.